The molecule has 0 aliphatic heterocycles. The van der Waals surface area contributed by atoms with Crippen LogP contribution in [0.4, 0.5) is 0 Å². The molecule has 1 N–H and O–H groups in total. The summed E-state index contributed by atoms with van der Waals surface area (Å²) >= 11 is 0. The first-order chi connectivity index (χ1) is 7.18. The average Bonchev–Trinajstić information content (AvgIpc) is 2.20. The van der Waals surface area contributed by atoms with Crippen LogP contribution in [0.5, 0.6) is 0 Å². The summed E-state index contributed by atoms with van der Waals surface area (Å²) in [5.41, 5.74) is 1.97. The molecule has 0 bridgehead atoms. The van der Waals surface area contributed by atoms with Crippen molar-refractivity contribution in [3.63, 3.8) is 0 Å². The summed E-state index contributed by atoms with van der Waals surface area (Å²) in [6, 6.07) is 0. The molecule has 0 unspecified atom stereocenters. The lowest BCUT2D eigenvalue weighted by atomic mass is 10.3. The van der Waals surface area contributed by atoms with Gasteiger partial charge in [0.2, 0.25) is 0 Å². The molecule has 1 rings (SSSR count). The molecule has 15 heavy (non-hydrogen) atoms. The van der Waals surface area contributed by atoms with Crippen molar-refractivity contribution in [1.29, 1.82) is 0 Å². The topological polar surface area (TPSA) is 41.1 Å². The Hall–Kier alpha value is -1.00. The highest BCUT2D eigenvalue weighted by atomic mass is 15.1. The smallest absolute Gasteiger partial charge is 0.0724 e. The molecule has 0 spiro atoms. The summed E-state index contributed by atoms with van der Waals surface area (Å²) in [4.78, 5) is 10.7. The lowest BCUT2D eigenvalue weighted by molar-refractivity contribution is 0.394. The number of hydrogen-bond donors (Lipinski definition) is 1. The second-order valence-corrected chi connectivity index (χ2v) is 3.98. The van der Waals surface area contributed by atoms with Crippen LogP contribution in [0.1, 0.15) is 17.8 Å². The lowest BCUT2D eigenvalue weighted by Gasteiger charge is -2.09. The van der Waals surface area contributed by atoms with Crippen LogP contribution >= 0.6 is 0 Å². The van der Waals surface area contributed by atoms with Gasteiger partial charge in [-0.2, -0.15) is 0 Å². The van der Waals surface area contributed by atoms with E-state index in [9.17, 15) is 0 Å². The van der Waals surface area contributed by atoms with Gasteiger partial charge in [-0.15, -0.1) is 0 Å². The van der Waals surface area contributed by atoms with E-state index in [0.717, 1.165) is 37.4 Å². The van der Waals surface area contributed by atoms with E-state index in [-0.39, 0.29) is 0 Å². The monoisotopic (exact) mass is 208 g/mol. The standard InChI is InChI=1S/C11H20N4/c1-10-7-14-11(9-13-10)8-12-5-4-6-15(2)3/h7,9,12H,4-6,8H2,1-3H3. The van der Waals surface area contributed by atoms with E-state index >= 15 is 0 Å². The van der Waals surface area contributed by atoms with Crippen LogP contribution in [0.2, 0.25) is 0 Å². The van der Waals surface area contributed by atoms with Crippen molar-refractivity contribution in [3.8, 4) is 0 Å². The van der Waals surface area contributed by atoms with E-state index in [1.165, 1.54) is 0 Å². The van der Waals surface area contributed by atoms with Crippen molar-refractivity contribution in [1.82, 2.24) is 20.2 Å². The maximum absolute atomic E-state index is 4.28. The lowest BCUT2D eigenvalue weighted by Crippen LogP contribution is -2.21. The van der Waals surface area contributed by atoms with Crippen molar-refractivity contribution in [2.75, 3.05) is 27.2 Å². The third kappa shape index (κ3) is 5.44. The van der Waals surface area contributed by atoms with Gasteiger partial charge in [-0.25, -0.2) is 0 Å². The van der Waals surface area contributed by atoms with E-state index in [1.54, 1.807) is 6.20 Å². The SMILES string of the molecule is Cc1cnc(CNCCCN(C)C)cn1. The zero-order valence-electron chi connectivity index (χ0n) is 9.82. The summed E-state index contributed by atoms with van der Waals surface area (Å²) < 4.78 is 0. The molecular formula is C11H20N4. The molecule has 0 amide bonds. The van der Waals surface area contributed by atoms with Gasteiger partial charge in [-0.05, 0) is 40.5 Å². The van der Waals surface area contributed by atoms with Crippen LogP contribution in [0.15, 0.2) is 12.4 Å². The molecule has 1 aromatic rings. The van der Waals surface area contributed by atoms with Gasteiger partial charge in [0.25, 0.3) is 0 Å². The second-order valence-electron chi connectivity index (χ2n) is 3.98. The molecule has 4 heteroatoms. The van der Waals surface area contributed by atoms with E-state index in [2.05, 4.69) is 34.3 Å². The Morgan fingerprint density at radius 3 is 2.67 bits per heavy atom. The first-order valence-electron chi connectivity index (χ1n) is 5.31. The van der Waals surface area contributed by atoms with Gasteiger partial charge >= 0.3 is 0 Å². The molecule has 0 aromatic carbocycles. The summed E-state index contributed by atoms with van der Waals surface area (Å²) in [6.45, 7) is 4.89. The van der Waals surface area contributed by atoms with Gasteiger partial charge in [0.1, 0.15) is 0 Å². The van der Waals surface area contributed by atoms with Crippen LogP contribution in [0.25, 0.3) is 0 Å². The largest absolute Gasteiger partial charge is 0.311 e. The predicted octanol–water partition coefficient (Wildman–Crippen LogP) is 0.826. The molecule has 0 aliphatic rings. The zero-order valence-corrected chi connectivity index (χ0v) is 9.82. The van der Waals surface area contributed by atoms with Crippen molar-refractivity contribution in [2.24, 2.45) is 0 Å². The van der Waals surface area contributed by atoms with Crippen molar-refractivity contribution in [2.45, 2.75) is 19.9 Å². The number of nitrogens with one attached hydrogen (secondary N) is 1. The van der Waals surface area contributed by atoms with E-state index in [4.69, 9.17) is 0 Å². The molecule has 4 nitrogen and oxygen atoms in total. The van der Waals surface area contributed by atoms with Gasteiger partial charge in [-0.1, -0.05) is 0 Å². The molecule has 0 saturated heterocycles. The third-order valence-corrected chi connectivity index (χ3v) is 2.10. The molecular weight excluding hydrogens is 188 g/mol. The fourth-order valence-electron chi connectivity index (χ4n) is 1.25. The number of aryl methyl sites for hydroxylation is 1. The Morgan fingerprint density at radius 2 is 2.07 bits per heavy atom. The van der Waals surface area contributed by atoms with E-state index < -0.39 is 0 Å². The van der Waals surface area contributed by atoms with Crippen LogP contribution < -0.4 is 5.32 Å². The highest BCUT2D eigenvalue weighted by Gasteiger charge is 1.95. The number of nitrogens with zero attached hydrogens (tertiary/aromatic N) is 3. The number of rotatable bonds is 6. The Morgan fingerprint density at radius 1 is 1.27 bits per heavy atom. The highest BCUT2D eigenvalue weighted by molar-refractivity contribution is 4.99. The molecule has 0 radical (unpaired) electrons. The Labute approximate surface area is 91.7 Å². The summed E-state index contributed by atoms with van der Waals surface area (Å²) in [5.74, 6) is 0. The summed E-state index contributed by atoms with van der Waals surface area (Å²) in [5, 5.41) is 3.35. The Kier molecular flexibility index (Phi) is 5.21. The van der Waals surface area contributed by atoms with Crippen LogP contribution in [-0.4, -0.2) is 42.1 Å². The zero-order chi connectivity index (χ0) is 11.1. The van der Waals surface area contributed by atoms with E-state index in [1.807, 2.05) is 13.1 Å². The molecule has 0 aliphatic carbocycles. The second kappa shape index (κ2) is 6.48. The summed E-state index contributed by atoms with van der Waals surface area (Å²) in [7, 11) is 4.18. The Bertz CT molecular complexity index is 268. The van der Waals surface area contributed by atoms with Gasteiger partial charge in [0, 0.05) is 18.9 Å². The third-order valence-electron chi connectivity index (χ3n) is 2.10. The quantitative estimate of drug-likeness (QED) is 0.703. The highest BCUT2D eigenvalue weighted by Crippen LogP contribution is 1.93. The summed E-state index contributed by atoms with van der Waals surface area (Å²) in [6.07, 6.45) is 4.79. The van der Waals surface area contributed by atoms with Gasteiger partial charge in [0.15, 0.2) is 0 Å². The van der Waals surface area contributed by atoms with Crippen LogP contribution in [-0.2, 0) is 6.54 Å². The maximum atomic E-state index is 4.28. The van der Waals surface area contributed by atoms with E-state index in [0.29, 0.717) is 0 Å². The predicted molar refractivity (Wildman–Crippen MR) is 61.6 cm³/mol. The normalized spacial score (nSPS) is 10.9. The first kappa shape index (κ1) is 12.1. The molecule has 0 fully saturated rings. The number of hydrogen-bond acceptors (Lipinski definition) is 4. The van der Waals surface area contributed by atoms with Crippen LogP contribution in [0.3, 0.4) is 0 Å². The van der Waals surface area contributed by atoms with Crippen molar-refractivity contribution >= 4 is 0 Å². The first-order valence-corrected chi connectivity index (χ1v) is 5.31. The van der Waals surface area contributed by atoms with Gasteiger partial charge in [-0.3, -0.25) is 9.97 Å². The van der Waals surface area contributed by atoms with Gasteiger partial charge in [0.05, 0.1) is 11.4 Å². The van der Waals surface area contributed by atoms with Gasteiger partial charge < -0.3 is 10.2 Å². The van der Waals surface area contributed by atoms with Crippen molar-refractivity contribution < 1.29 is 0 Å². The fourth-order valence-corrected chi connectivity index (χ4v) is 1.25. The average molecular weight is 208 g/mol. The minimum absolute atomic E-state index is 0.806. The fraction of sp³-hybridized carbons (Fsp3) is 0.636. The molecule has 1 aromatic heterocycles. The minimum atomic E-state index is 0.806. The molecule has 0 saturated carbocycles. The molecule has 0 atom stereocenters. The number of aromatic nitrogens is 2. The molecule has 1 heterocycles. The maximum Gasteiger partial charge on any atom is 0.0724 e. The molecule has 84 valence electrons. The minimum Gasteiger partial charge on any atom is -0.311 e. The Balaban J connectivity index is 2.12. The van der Waals surface area contributed by atoms with Crippen LogP contribution in [0, 0.1) is 6.92 Å². The van der Waals surface area contributed by atoms with Crippen molar-refractivity contribution in [3.05, 3.63) is 23.8 Å².